The van der Waals surface area contributed by atoms with E-state index >= 15 is 0 Å². The van der Waals surface area contributed by atoms with Crippen molar-refractivity contribution in [2.45, 2.75) is 0 Å². The van der Waals surface area contributed by atoms with Gasteiger partial charge in [0.25, 0.3) is 0 Å². The number of carboxylic acid groups (broad SMARTS) is 1. The molecule has 0 amide bonds. The van der Waals surface area contributed by atoms with Gasteiger partial charge in [-0.3, -0.25) is 0 Å². The monoisotopic (exact) mass is 146 g/mol. The lowest BCUT2D eigenvalue weighted by molar-refractivity contribution is -0.131. The van der Waals surface area contributed by atoms with Crippen molar-refractivity contribution in [2.75, 3.05) is 0 Å². The van der Waals surface area contributed by atoms with Crippen LogP contribution < -0.4 is 0 Å². The van der Waals surface area contributed by atoms with Crippen molar-refractivity contribution in [3.8, 4) is 0 Å². The van der Waals surface area contributed by atoms with Crippen molar-refractivity contribution in [1.82, 2.24) is 0 Å². The first-order chi connectivity index (χ1) is 5.29. The minimum absolute atomic E-state index is 0.718. The molecular formula is C9H6O2. The largest absolute Gasteiger partial charge is 0.478 e. The molecule has 2 nitrogen and oxygen atoms in total. The fourth-order valence-electron chi connectivity index (χ4n) is 0.625. The molecule has 0 unspecified atom stereocenters. The van der Waals surface area contributed by atoms with Gasteiger partial charge in [-0.25, -0.2) is 4.79 Å². The average molecular weight is 146 g/mol. The van der Waals surface area contributed by atoms with Crippen LogP contribution in [-0.4, -0.2) is 11.1 Å². The zero-order chi connectivity index (χ0) is 8.10. The summed E-state index contributed by atoms with van der Waals surface area (Å²) in [5.74, 6) is -0.956. The third-order valence-corrected chi connectivity index (χ3v) is 1.08. The van der Waals surface area contributed by atoms with Crippen LogP contribution in [0.4, 0.5) is 0 Å². The van der Waals surface area contributed by atoms with Crippen LogP contribution in [0, 0.1) is 0 Å². The van der Waals surface area contributed by atoms with Crippen molar-refractivity contribution in [3.63, 3.8) is 0 Å². The molecule has 1 rings (SSSR count). The number of aliphatic carboxylic acids is 1. The highest BCUT2D eigenvalue weighted by Gasteiger charge is 1.88. The van der Waals surface area contributed by atoms with Crippen LogP contribution in [0.2, 0.25) is 0 Å². The van der Waals surface area contributed by atoms with E-state index in [2.05, 4.69) is 11.5 Å². The van der Waals surface area contributed by atoms with Crippen LogP contribution in [0.5, 0.6) is 0 Å². The molecule has 0 aromatic rings. The molecule has 0 spiro atoms. The van der Waals surface area contributed by atoms with Crippen LogP contribution in [-0.2, 0) is 4.79 Å². The zero-order valence-electron chi connectivity index (χ0n) is 5.74. The van der Waals surface area contributed by atoms with Gasteiger partial charge in [-0.15, -0.1) is 0 Å². The summed E-state index contributed by atoms with van der Waals surface area (Å²) in [6.07, 6.45) is 7.78. The second-order valence-electron chi connectivity index (χ2n) is 1.92. The van der Waals surface area contributed by atoms with Crippen LogP contribution in [0.3, 0.4) is 0 Å². The molecule has 0 aromatic heterocycles. The maximum atomic E-state index is 10.1. The Balaban J connectivity index is 2.79. The Labute approximate surface area is 64.2 Å². The molecule has 0 atom stereocenters. The molecule has 0 heterocycles. The molecule has 1 aliphatic rings. The molecule has 2 heteroatoms. The van der Waals surface area contributed by atoms with Crippen molar-refractivity contribution in [2.24, 2.45) is 0 Å². The first-order valence-corrected chi connectivity index (χ1v) is 3.08. The summed E-state index contributed by atoms with van der Waals surface area (Å²) in [7, 11) is 0. The van der Waals surface area contributed by atoms with Crippen LogP contribution in [0.15, 0.2) is 47.4 Å². The highest BCUT2D eigenvalue weighted by molar-refractivity contribution is 5.80. The molecular weight excluding hydrogens is 140 g/mol. The normalized spacial score (nSPS) is 14.0. The Hall–Kier alpha value is -1.75. The number of hydrogen-bond acceptors (Lipinski definition) is 1. The molecule has 1 aliphatic carbocycles. The highest BCUT2D eigenvalue weighted by atomic mass is 16.4. The number of carboxylic acids is 1. The Bertz CT molecular complexity index is 319. The lowest BCUT2D eigenvalue weighted by Crippen LogP contribution is -1.85. The summed E-state index contributed by atoms with van der Waals surface area (Å²) < 4.78 is 0. The van der Waals surface area contributed by atoms with E-state index in [1.807, 2.05) is 0 Å². The van der Waals surface area contributed by atoms with Gasteiger partial charge in [0.05, 0.1) is 0 Å². The van der Waals surface area contributed by atoms with Gasteiger partial charge >= 0.3 is 5.97 Å². The van der Waals surface area contributed by atoms with Crippen molar-refractivity contribution < 1.29 is 9.90 Å². The Morgan fingerprint density at radius 2 is 2.45 bits per heavy atom. The molecule has 0 saturated heterocycles. The molecule has 54 valence electrons. The smallest absolute Gasteiger partial charge is 0.328 e. The molecule has 0 fully saturated rings. The van der Waals surface area contributed by atoms with E-state index in [4.69, 9.17) is 5.11 Å². The molecule has 0 radical (unpaired) electrons. The fraction of sp³-hybridized carbons (Fsp3) is 0. The van der Waals surface area contributed by atoms with Gasteiger partial charge in [-0.05, 0) is 18.2 Å². The van der Waals surface area contributed by atoms with Crippen molar-refractivity contribution in [1.29, 1.82) is 0 Å². The van der Waals surface area contributed by atoms with Gasteiger partial charge in [-0.2, -0.15) is 0 Å². The Morgan fingerprint density at radius 1 is 1.64 bits per heavy atom. The third-order valence-electron chi connectivity index (χ3n) is 1.08. The lowest BCUT2D eigenvalue weighted by Gasteiger charge is -1.86. The van der Waals surface area contributed by atoms with Crippen molar-refractivity contribution in [3.05, 3.63) is 47.4 Å². The first kappa shape index (κ1) is 7.36. The van der Waals surface area contributed by atoms with Gasteiger partial charge in [0.2, 0.25) is 0 Å². The van der Waals surface area contributed by atoms with E-state index < -0.39 is 5.97 Å². The van der Waals surface area contributed by atoms with E-state index in [0.717, 1.165) is 11.6 Å². The van der Waals surface area contributed by atoms with E-state index in [9.17, 15) is 4.79 Å². The zero-order valence-corrected chi connectivity index (χ0v) is 5.74. The highest BCUT2D eigenvalue weighted by Crippen LogP contribution is 1.99. The second kappa shape index (κ2) is 3.43. The van der Waals surface area contributed by atoms with E-state index in [0.29, 0.717) is 0 Å². The number of allylic oxidation sites excluding steroid dienone is 5. The molecule has 0 aliphatic heterocycles. The topological polar surface area (TPSA) is 37.3 Å². The predicted octanol–water partition coefficient (Wildman–Crippen LogP) is 1.43. The second-order valence-corrected chi connectivity index (χ2v) is 1.92. The molecule has 0 aromatic carbocycles. The molecule has 11 heavy (non-hydrogen) atoms. The molecule has 0 saturated carbocycles. The fourth-order valence-corrected chi connectivity index (χ4v) is 0.625. The number of carbonyl (C=O) groups is 1. The molecule has 0 bridgehead atoms. The summed E-state index contributed by atoms with van der Waals surface area (Å²) in [6, 6.07) is 0. The summed E-state index contributed by atoms with van der Waals surface area (Å²) in [4.78, 5) is 10.1. The van der Waals surface area contributed by atoms with E-state index in [1.165, 1.54) is 6.08 Å². The SMILES string of the molecule is O=C(O)/C=C/C1=C=C=CC=C1. The maximum absolute atomic E-state index is 10.1. The minimum Gasteiger partial charge on any atom is -0.478 e. The van der Waals surface area contributed by atoms with Gasteiger partial charge in [0.15, 0.2) is 0 Å². The standard InChI is InChI=1S/C9H6O2/c10-9(11)7-6-8-4-2-1-3-5-8/h1-2,4,6-7H,(H,10,11)/b7-6+. The summed E-state index contributed by atoms with van der Waals surface area (Å²) in [6.45, 7) is 0. The third kappa shape index (κ3) is 2.55. The Kier molecular flexibility index (Phi) is 2.29. The van der Waals surface area contributed by atoms with E-state index in [-0.39, 0.29) is 0 Å². The predicted molar refractivity (Wildman–Crippen MR) is 41.0 cm³/mol. The van der Waals surface area contributed by atoms with Gasteiger partial charge in [0, 0.05) is 11.6 Å². The van der Waals surface area contributed by atoms with Gasteiger partial charge < -0.3 is 5.11 Å². The minimum atomic E-state index is -0.956. The van der Waals surface area contributed by atoms with Crippen LogP contribution >= 0.6 is 0 Å². The van der Waals surface area contributed by atoms with Gasteiger partial charge in [0.1, 0.15) is 0 Å². The first-order valence-electron chi connectivity index (χ1n) is 3.08. The van der Waals surface area contributed by atoms with Crippen LogP contribution in [0.25, 0.3) is 0 Å². The quantitative estimate of drug-likeness (QED) is 0.472. The lowest BCUT2D eigenvalue weighted by atomic mass is 10.2. The average Bonchev–Trinajstić information content (AvgIpc) is 2.03. The van der Waals surface area contributed by atoms with Crippen LogP contribution in [0.1, 0.15) is 0 Å². The summed E-state index contributed by atoms with van der Waals surface area (Å²) in [5.41, 5.74) is 6.18. The Morgan fingerprint density at radius 3 is 3.00 bits per heavy atom. The van der Waals surface area contributed by atoms with E-state index in [1.54, 1.807) is 18.2 Å². The van der Waals surface area contributed by atoms with Gasteiger partial charge in [-0.1, -0.05) is 17.5 Å². The number of hydrogen-bond donors (Lipinski definition) is 1. The molecule has 1 N–H and O–H groups in total. The number of rotatable bonds is 2. The van der Waals surface area contributed by atoms with Crippen molar-refractivity contribution >= 4 is 5.97 Å². The summed E-state index contributed by atoms with van der Waals surface area (Å²) >= 11 is 0. The maximum Gasteiger partial charge on any atom is 0.328 e. The summed E-state index contributed by atoms with van der Waals surface area (Å²) in [5, 5.41) is 8.26.